The van der Waals surface area contributed by atoms with Gasteiger partial charge in [-0.2, -0.15) is 0 Å². The normalized spacial score (nSPS) is 13.6. The van der Waals surface area contributed by atoms with Gasteiger partial charge in [-0.1, -0.05) is 0 Å². The summed E-state index contributed by atoms with van der Waals surface area (Å²) < 4.78 is 32.1. The molecule has 1 aliphatic carbocycles. The van der Waals surface area contributed by atoms with Gasteiger partial charge in [0.05, 0.1) is 17.7 Å². The monoisotopic (exact) mass is 444 g/mol. The molecule has 0 atom stereocenters. The Bertz CT molecular complexity index is 1140. The first-order chi connectivity index (χ1) is 14.4. The Labute approximate surface area is 178 Å². The number of ether oxygens (including phenoxy) is 1. The number of amides is 1. The van der Waals surface area contributed by atoms with Crippen molar-refractivity contribution in [2.45, 2.75) is 23.8 Å². The van der Waals surface area contributed by atoms with E-state index < -0.39 is 15.9 Å². The summed E-state index contributed by atoms with van der Waals surface area (Å²) in [5.74, 6) is 0.359. The van der Waals surface area contributed by atoms with Crippen molar-refractivity contribution in [3.8, 4) is 16.3 Å². The van der Waals surface area contributed by atoms with E-state index in [1.165, 1.54) is 23.5 Å². The molecule has 156 valence electrons. The Hall–Kier alpha value is -2.95. The van der Waals surface area contributed by atoms with Gasteiger partial charge in [-0.3, -0.25) is 15.6 Å². The second-order valence-electron chi connectivity index (χ2n) is 6.77. The minimum Gasteiger partial charge on any atom is -0.497 e. The van der Waals surface area contributed by atoms with Crippen molar-refractivity contribution in [2.24, 2.45) is 0 Å². The topological polar surface area (TPSA) is 109 Å². The van der Waals surface area contributed by atoms with Crippen molar-refractivity contribution in [1.29, 1.82) is 0 Å². The summed E-state index contributed by atoms with van der Waals surface area (Å²) in [4.78, 5) is 16.9. The Balaban J connectivity index is 1.36. The van der Waals surface area contributed by atoms with Gasteiger partial charge in [-0.25, -0.2) is 18.1 Å². The van der Waals surface area contributed by atoms with Crippen molar-refractivity contribution in [2.75, 3.05) is 12.5 Å². The summed E-state index contributed by atoms with van der Waals surface area (Å²) in [5, 5.41) is 2.40. The van der Waals surface area contributed by atoms with Gasteiger partial charge in [-0.05, 0) is 61.4 Å². The predicted molar refractivity (Wildman–Crippen MR) is 115 cm³/mol. The van der Waals surface area contributed by atoms with E-state index >= 15 is 0 Å². The van der Waals surface area contributed by atoms with E-state index in [2.05, 4.69) is 20.6 Å². The summed E-state index contributed by atoms with van der Waals surface area (Å²) in [6.07, 6.45) is 1.75. The van der Waals surface area contributed by atoms with Crippen LogP contribution in [-0.4, -0.2) is 32.5 Å². The second-order valence-corrected chi connectivity index (χ2v) is 9.34. The van der Waals surface area contributed by atoms with E-state index in [1.54, 1.807) is 24.6 Å². The first-order valence-electron chi connectivity index (χ1n) is 9.23. The third-order valence-electron chi connectivity index (χ3n) is 4.46. The number of aromatic nitrogens is 1. The zero-order chi connectivity index (χ0) is 21.1. The van der Waals surface area contributed by atoms with Crippen LogP contribution in [0.15, 0.2) is 58.8 Å². The van der Waals surface area contributed by atoms with Gasteiger partial charge in [-0.15, -0.1) is 11.3 Å². The fourth-order valence-corrected chi connectivity index (χ4v) is 4.75. The Kier molecular flexibility index (Phi) is 5.71. The standard InChI is InChI=1S/C20H20N4O4S2/c1-28-16-8-2-13(3-9-16)20-21-18(12-29-20)19(25)23-22-14-6-10-17(11-7-14)30(26,27)24-15-4-5-15/h2-3,6-12,15,22,24H,4-5H2,1H3,(H,23,25). The predicted octanol–water partition coefficient (Wildman–Crippen LogP) is 3.02. The molecule has 0 radical (unpaired) electrons. The molecular weight excluding hydrogens is 424 g/mol. The quantitative estimate of drug-likeness (QED) is 0.461. The third kappa shape index (κ3) is 4.78. The highest BCUT2D eigenvalue weighted by Gasteiger charge is 2.27. The third-order valence-corrected chi connectivity index (χ3v) is 6.89. The lowest BCUT2D eigenvalue weighted by atomic mass is 10.2. The van der Waals surface area contributed by atoms with Crippen LogP contribution in [-0.2, 0) is 10.0 Å². The smallest absolute Gasteiger partial charge is 0.289 e. The molecule has 0 bridgehead atoms. The van der Waals surface area contributed by atoms with Crippen LogP contribution in [0.1, 0.15) is 23.3 Å². The molecule has 4 rings (SSSR count). The van der Waals surface area contributed by atoms with Gasteiger partial charge < -0.3 is 4.74 Å². The van der Waals surface area contributed by atoms with Crippen LogP contribution < -0.4 is 20.3 Å². The van der Waals surface area contributed by atoms with Crippen LogP contribution in [0.5, 0.6) is 5.75 Å². The molecule has 1 heterocycles. The maximum absolute atomic E-state index is 12.4. The van der Waals surface area contributed by atoms with Crippen LogP contribution in [0, 0.1) is 0 Å². The summed E-state index contributed by atoms with van der Waals surface area (Å²) >= 11 is 1.37. The summed E-state index contributed by atoms with van der Waals surface area (Å²) in [5.41, 5.74) is 7.07. The van der Waals surface area contributed by atoms with E-state index in [1.807, 2.05) is 24.3 Å². The Morgan fingerprint density at radius 3 is 2.43 bits per heavy atom. The Morgan fingerprint density at radius 2 is 1.80 bits per heavy atom. The van der Waals surface area contributed by atoms with Crippen LogP contribution in [0.2, 0.25) is 0 Å². The molecule has 3 N–H and O–H groups in total. The lowest BCUT2D eigenvalue weighted by Gasteiger charge is -2.09. The maximum Gasteiger partial charge on any atom is 0.289 e. The molecule has 3 aromatic rings. The summed E-state index contributed by atoms with van der Waals surface area (Å²) in [6.45, 7) is 0. The largest absolute Gasteiger partial charge is 0.497 e. The molecule has 1 aliphatic rings. The van der Waals surface area contributed by atoms with Gasteiger partial charge in [0.2, 0.25) is 10.0 Å². The number of hydrogen-bond donors (Lipinski definition) is 3. The maximum atomic E-state index is 12.4. The van der Waals surface area contributed by atoms with Crippen LogP contribution >= 0.6 is 11.3 Å². The average molecular weight is 445 g/mol. The number of hydrazine groups is 1. The van der Waals surface area contributed by atoms with Crippen molar-refractivity contribution in [1.82, 2.24) is 15.1 Å². The van der Waals surface area contributed by atoms with Gasteiger partial charge >= 0.3 is 0 Å². The molecule has 0 spiro atoms. The highest BCUT2D eigenvalue weighted by molar-refractivity contribution is 7.89. The second kappa shape index (κ2) is 8.42. The molecule has 30 heavy (non-hydrogen) atoms. The van der Waals surface area contributed by atoms with Gasteiger partial charge in [0, 0.05) is 17.0 Å². The Morgan fingerprint density at radius 1 is 1.10 bits per heavy atom. The molecule has 1 amide bonds. The summed E-state index contributed by atoms with van der Waals surface area (Å²) in [7, 11) is -1.90. The number of carbonyl (C=O) groups is 1. The highest BCUT2D eigenvalue weighted by atomic mass is 32.2. The number of methoxy groups -OCH3 is 1. The molecule has 0 saturated heterocycles. The first-order valence-corrected chi connectivity index (χ1v) is 11.6. The fraction of sp³-hybridized carbons (Fsp3) is 0.200. The van der Waals surface area contributed by atoms with Crippen molar-refractivity contribution in [3.05, 3.63) is 59.6 Å². The first kappa shape index (κ1) is 20.3. The average Bonchev–Trinajstić information content (AvgIpc) is 3.42. The van der Waals surface area contributed by atoms with Crippen molar-refractivity contribution in [3.63, 3.8) is 0 Å². The van der Waals surface area contributed by atoms with Crippen molar-refractivity contribution >= 4 is 33.0 Å². The molecule has 0 aliphatic heterocycles. The zero-order valence-electron chi connectivity index (χ0n) is 16.1. The van der Waals surface area contributed by atoms with E-state index in [4.69, 9.17) is 4.74 Å². The van der Waals surface area contributed by atoms with Gasteiger partial charge in [0.1, 0.15) is 16.5 Å². The van der Waals surface area contributed by atoms with Gasteiger partial charge in [0.25, 0.3) is 5.91 Å². The van der Waals surface area contributed by atoms with Gasteiger partial charge in [0.15, 0.2) is 0 Å². The molecule has 1 fully saturated rings. The number of thiazole rings is 1. The van der Waals surface area contributed by atoms with E-state index in [9.17, 15) is 13.2 Å². The molecule has 10 heteroatoms. The van der Waals surface area contributed by atoms with Crippen LogP contribution in [0.4, 0.5) is 5.69 Å². The molecule has 1 saturated carbocycles. The molecule has 0 unspecified atom stereocenters. The van der Waals surface area contributed by atoms with Crippen LogP contribution in [0.3, 0.4) is 0 Å². The number of rotatable bonds is 8. The van der Waals surface area contributed by atoms with E-state index in [-0.39, 0.29) is 16.6 Å². The SMILES string of the molecule is COc1ccc(-c2nc(C(=O)NNc3ccc(S(=O)(=O)NC4CC4)cc3)cs2)cc1. The molecule has 1 aromatic heterocycles. The summed E-state index contributed by atoms with van der Waals surface area (Å²) in [6, 6.07) is 13.6. The number of nitrogens with zero attached hydrogens (tertiary/aromatic N) is 1. The number of carbonyl (C=O) groups excluding carboxylic acids is 1. The fourth-order valence-electron chi connectivity index (χ4n) is 2.64. The number of benzene rings is 2. The van der Waals surface area contributed by atoms with Crippen molar-refractivity contribution < 1.29 is 17.9 Å². The number of anilines is 1. The molecular formula is C20H20N4O4S2. The van der Waals surface area contributed by atoms with E-state index in [0.717, 1.165) is 29.2 Å². The number of sulfonamides is 1. The lowest BCUT2D eigenvalue weighted by Crippen LogP contribution is -2.29. The van der Waals surface area contributed by atoms with Crippen LogP contribution in [0.25, 0.3) is 10.6 Å². The molecule has 8 nitrogen and oxygen atoms in total. The molecule has 2 aromatic carbocycles. The number of nitrogens with one attached hydrogen (secondary N) is 3. The minimum absolute atomic E-state index is 0.0491. The minimum atomic E-state index is -3.50. The lowest BCUT2D eigenvalue weighted by molar-refractivity contribution is 0.0958. The van der Waals surface area contributed by atoms with E-state index in [0.29, 0.717) is 5.69 Å². The highest BCUT2D eigenvalue weighted by Crippen LogP contribution is 2.26. The number of hydrogen-bond acceptors (Lipinski definition) is 7. The zero-order valence-corrected chi connectivity index (χ0v) is 17.7.